The van der Waals surface area contributed by atoms with Crippen molar-refractivity contribution >= 4 is 23.2 Å². The van der Waals surface area contributed by atoms with Gasteiger partial charge in [0.1, 0.15) is 0 Å². The predicted molar refractivity (Wildman–Crippen MR) is 100.0 cm³/mol. The Kier molecular flexibility index (Phi) is 6.26. The van der Waals surface area contributed by atoms with Gasteiger partial charge in [-0.25, -0.2) is 4.79 Å². The number of nitrogens with zero attached hydrogens (tertiary/aromatic N) is 4. The second-order valence-electron chi connectivity index (χ2n) is 5.85. The van der Waals surface area contributed by atoms with E-state index in [1.54, 1.807) is 11.3 Å². The maximum absolute atomic E-state index is 11.8. The first kappa shape index (κ1) is 18.7. The lowest BCUT2D eigenvalue weighted by atomic mass is 10.1. The average molecular weight is 385 g/mol. The van der Waals surface area contributed by atoms with Crippen LogP contribution in [0.2, 0.25) is 0 Å². The van der Waals surface area contributed by atoms with Gasteiger partial charge in [0.25, 0.3) is 5.91 Å². The molecule has 2 heterocycles. The van der Waals surface area contributed by atoms with Gasteiger partial charge in [-0.15, -0.1) is 21.5 Å². The van der Waals surface area contributed by atoms with Crippen LogP contribution in [0.25, 0.3) is 11.4 Å². The molecule has 1 amide bonds. The average Bonchev–Trinajstić information content (AvgIpc) is 3.33. The summed E-state index contributed by atoms with van der Waals surface area (Å²) in [6.07, 6.45) is 0.752. The fourth-order valence-electron chi connectivity index (χ4n) is 2.27. The molecule has 140 valence electrons. The molecule has 9 heteroatoms. The van der Waals surface area contributed by atoms with Crippen molar-refractivity contribution in [2.45, 2.75) is 19.9 Å². The normalized spacial score (nSPS) is 10.6. The van der Waals surface area contributed by atoms with E-state index in [-0.39, 0.29) is 19.1 Å². The molecular weight excluding hydrogens is 366 g/mol. The Morgan fingerprint density at radius 2 is 2.04 bits per heavy atom. The van der Waals surface area contributed by atoms with Gasteiger partial charge in [0.2, 0.25) is 5.82 Å². The van der Waals surface area contributed by atoms with Crippen LogP contribution >= 0.6 is 11.3 Å². The molecule has 27 heavy (non-hydrogen) atoms. The monoisotopic (exact) mass is 385 g/mol. The third kappa shape index (κ3) is 5.71. The van der Waals surface area contributed by atoms with E-state index in [1.807, 2.05) is 48.7 Å². The zero-order chi connectivity index (χ0) is 19.1. The molecule has 0 unspecified atom stereocenters. The quantitative estimate of drug-likeness (QED) is 0.592. The highest BCUT2D eigenvalue weighted by atomic mass is 32.1. The summed E-state index contributed by atoms with van der Waals surface area (Å²) in [4.78, 5) is 25.9. The molecule has 0 aliphatic carbocycles. The molecule has 0 atom stereocenters. The fourth-order valence-corrected chi connectivity index (χ4v) is 2.98. The first-order valence-corrected chi connectivity index (χ1v) is 9.27. The van der Waals surface area contributed by atoms with E-state index in [0.717, 1.165) is 22.3 Å². The summed E-state index contributed by atoms with van der Waals surface area (Å²) >= 11 is 1.64. The summed E-state index contributed by atoms with van der Waals surface area (Å²) < 4.78 is 4.95. The van der Waals surface area contributed by atoms with Gasteiger partial charge in [0, 0.05) is 17.0 Å². The van der Waals surface area contributed by atoms with E-state index in [2.05, 4.69) is 20.7 Å². The van der Waals surface area contributed by atoms with Crippen molar-refractivity contribution in [2.75, 3.05) is 13.2 Å². The Morgan fingerprint density at radius 3 is 2.78 bits per heavy atom. The Morgan fingerprint density at radius 1 is 1.22 bits per heavy atom. The zero-order valence-corrected chi connectivity index (χ0v) is 15.6. The van der Waals surface area contributed by atoms with Crippen LogP contribution in [0, 0.1) is 6.92 Å². The largest absolute Gasteiger partial charge is 0.454 e. The first-order valence-electron chi connectivity index (χ1n) is 8.40. The highest BCUT2D eigenvalue weighted by Gasteiger charge is 2.12. The molecule has 0 saturated heterocycles. The number of nitrogens with one attached hydrogen (secondary N) is 1. The van der Waals surface area contributed by atoms with Crippen LogP contribution in [0.15, 0.2) is 41.8 Å². The molecule has 0 bridgehead atoms. The van der Waals surface area contributed by atoms with E-state index in [9.17, 15) is 9.59 Å². The Hall–Kier alpha value is -3.07. The predicted octanol–water partition coefficient (Wildman–Crippen LogP) is 1.61. The van der Waals surface area contributed by atoms with Gasteiger partial charge in [-0.2, -0.15) is 4.80 Å². The third-order valence-electron chi connectivity index (χ3n) is 3.67. The van der Waals surface area contributed by atoms with Gasteiger partial charge in [-0.05, 0) is 30.0 Å². The summed E-state index contributed by atoms with van der Waals surface area (Å²) in [5, 5.41) is 16.6. The molecule has 1 aromatic carbocycles. The molecule has 0 aliphatic rings. The van der Waals surface area contributed by atoms with Crippen LogP contribution in [0.1, 0.15) is 10.4 Å². The van der Waals surface area contributed by atoms with Crippen LogP contribution < -0.4 is 5.32 Å². The van der Waals surface area contributed by atoms with Crippen LogP contribution in [-0.4, -0.2) is 45.2 Å². The zero-order valence-electron chi connectivity index (χ0n) is 14.8. The summed E-state index contributed by atoms with van der Waals surface area (Å²) in [5.74, 6) is -0.516. The number of tetrazole rings is 1. The lowest BCUT2D eigenvalue weighted by Gasteiger charge is -2.05. The highest BCUT2D eigenvalue weighted by Crippen LogP contribution is 2.13. The summed E-state index contributed by atoms with van der Waals surface area (Å²) in [6.45, 7) is 1.95. The molecule has 1 N–H and O–H groups in total. The van der Waals surface area contributed by atoms with Gasteiger partial charge < -0.3 is 10.1 Å². The second-order valence-corrected chi connectivity index (χ2v) is 6.88. The summed E-state index contributed by atoms with van der Waals surface area (Å²) in [5.41, 5.74) is 1.94. The molecule has 0 radical (unpaired) electrons. The number of thiophene rings is 1. The molecule has 8 nitrogen and oxygen atoms in total. The standard InChI is InChI=1S/C18H19N5O3S/c1-13-4-6-14(7-5-13)18-20-22-23(21-18)11-17(25)26-12-16(24)19-9-8-15-3-2-10-27-15/h2-7,10H,8-9,11-12H2,1H3,(H,19,24). The highest BCUT2D eigenvalue weighted by molar-refractivity contribution is 7.09. The number of aryl methyl sites for hydroxylation is 1. The van der Waals surface area contributed by atoms with Crippen molar-refractivity contribution in [3.05, 3.63) is 52.2 Å². The van der Waals surface area contributed by atoms with Crippen molar-refractivity contribution < 1.29 is 14.3 Å². The van der Waals surface area contributed by atoms with Gasteiger partial charge in [-0.1, -0.05) is 35.9 Å². The van der Waals surface area contributed by atoms with Crippen molar-refractivity contribution in [3.8, 4) is 11.4 Å². The minimum atomic E-state index is -0.601. The van der Waals surface area contributed by atoms with E-state index in [4.69, 9.17) is 4.74 Å². The maximum Gasteiger partial charge on any atom is 0.330 e. The molecular formula is C18H19N5O3S. The van der Waals surface area contributed by atoms with Crippen LogP contribution in [0.3, 0.4) is 0 Å². The molecule has 2 aromatic heterocycles. The second kappa shape index (κ2) is 9.04. The summed E-state index contributed by atoms with van der Waals surface area (Å²) in [6, 6.07) is 11.6. The Balaban J connectivity index is 1.40. The fraction of sp³-hybridized carbons (Fsp3) is 0.278. The number of carbonyl (C=O) groups excluding carboxylic acids is 2. The first-order chi connectivity index (χ1) is 13.1. The van der Waals surface area contributed by atoms with Crippen LogP contribution in [0.5, 0.6) is 0 Å². The topological polar surface area (TPSA) is 99.0 Å². The van der Waals surface area contributed by atoms with Gasteiger partial charge in [-0.3, -0.25) is 4.79 Å². The summed E-state index contributed by atoms with van der Waals surface area (Å²) in [7, 11) is 0. The maximum atomic E-state index is 11.8. The third-order valence-corrected chi connectivity index (χ3v) is 4.61. The number of hydrogen-bond acceptors (Lipinski definition) is 7. The number of carbonyl (C=O) groups is 2. The van der Waals surface area contributed by atoms with Crippen molar-refractivity contribution in [1.29, 1.82) is 0 Å². The molecule has 0 spiro atoms. The van der Waals surface area contributed by atoms with Gasteiger partial charge >= 0.3 is 5.97 Å². The lowest BCUT2D eigenvalue weighted by Crippen LogP contribution is -2.31. The Bertz CT molecular complexity index is 890. The molecule has 0 saturated carbocycles. The molecule has 3 aromatic rings. The van der Waals surface area contributed by atoms with Gasteiger partial charge in [0.05, 0.1) is 0 Å². The lowest BCUT2D eigenvalue weighted by molar-refractivity contribution is -0.149. The van der Waals surface area contributed by atoms with E-state index in [1.165, 1.54) is 4.88 Å². The molecule has 0 aliphatic heterocycles. The SMILES string of the molecule is Cc1ccc(-c2nnn(CC(=O)OCC(=O)NCCc3cccs3)n2)cc1. The van der Waals surface area contributed by atoms with E-state index in [0.29, 0.717) is 12.4 Å². The molecule has 0 fully saturated rings. The number of benzene rings is 1. The van der Waals surface area contributed by atoms with Crippen LogP contribution in [0.4, 0.5) is 0 Å². The van der Waals surface area contributed by atoms with E-state index >= 15 is 0 Å². The minimum absolute atomic E-state index is 0.207. The Labute approximate surface area is 160 Å². The van der Waals surface area contributed by atoms with Crippen molar-refractivity contribution in [3.63, 3.8) is 0 Å². The number of rotatable bonds is 8. The minimum Gasteiger partial charge on any atom is -0.454 e. The smallest absolute Gasteiger partial charge is 0.330 e. The molecule has 3 rings (SSSR count). The van der Waals surface area contributed by atoms with Crippen molar-refractivity contribution in [2.24, 2.45) is 0 Å². The van der Waals surface area contributed by atoms with E-state index < -0.39 is 5.97 Å². The van der Waals surface area contributed by atoms with Crippen LogP contribution in [-0.2, 0) is 27.3 Å². The van der Waals surface area contributed by atoms with Crippen molar-refractivity contribution in [1.82, 2.24) is 25.5 Å². The van der Waals surface area contributed by atoms with Gasteiger partial charge in [0.15, 0.2) is 13.2 Å². The number of hydrogen-bond donors (Lipinski definition) is 1. The number of esters is 1. The number of amides is 1. The number of aromatic nitrogens is 4. The number of ether oxygens (including phenoxy) is 1.